The van der Waals surface area contributed by atoms with Crippen molar-refractivity contribution in [2.24, 2.45) is 15.7 Å². The molecule has 0 aromatic heterocycles. The second-order valence-electron chi connectivity index (χ2n) is 8.01. The highest BCUT2D eigenvalue weighted by Crippen LogP contribution is 2.34. The molecule has 32 heavy (non-hydrogen) atoms. The lowest BCUT2D eigenvalue weighted by atomic mass is 10.1. The lowest BCUT2D eigenvalue weighted by Crippen LogP contribution is -2.33. The Balaban J connectivity index is 0.000000668. The van der Waals surface area contributed by atoms with E-state index < -0.39 is 15.9 Å². The quantitative estimate of drug-likeness (QED) is 0.747. The highest BCUT2D eigenvalue weighted by Gasteiger charge is 2.35. The van der Waals surface area contributed by atoms with Gasteiger partial charge in [0.1, 0.15) is 5.71 Å². The van der Waals surface area contributed by atoms with E-state index in [1.54, 1.807) is 47.4 Å². The van der Waals surface area contributed by atoms with Gasteiger partial charge in [0.05, 0.1) is 4.90 Å². The van der Waals surface area contributed by atoms with Crippen molar-refractivity contribution >= 4 is 38.2 Å². The van der Waals surface area contributed by atoms with E-state index in [2.05, 4.69) is 9.98 Å². The molecule has 0 fully saturated rings. The molecule has 2 N–H and O–H groups in total. The SMILES string of the molecule is CC(=O)N1c2ccc(S(=O)(=O)C3=NC(=O)N=C3c3ccccc3)cc2CC1C.CC(C)N. The molecule has 0 saturated heterocycles. The van der Waals surface area contributed by atoms with Crippen LogP contribution in [0.25, 0.3) is 0 Å². The number of aliphatic imine (C=N–C) groups is 2. The third-order valence-corrected chi connectivity index (χ3v) is 6.49. The molecule has 2 aliphatic heterocycles. The number of benzene rings is 2. The molecular formula is C23H26N4O4S. The van der Waals surface area contributed by atoms with Gasteiger partial charge in [-0.1, -0.05) is 44.2 Å². The van der Waals surface area contributed by atoms with E-state index in [1.165, 1.54) is 13.0 Å². The number of amides is 3. The zero-order valence-corrected chi connectivity index (χ0v) is 19.3. The standard InChI is InChI=1S/C20H17N3O4S.C3H9N/c1-12-10-15-11-16(8-9-17(15)23(12)13(2)24)28(26,27)19-18(21-20(25)22-19)14-6-4-3-5-7-14;1-3(2)4/h3-9,11-12H,10H2,1-2H3;3H,4H2,1-2H3. The molecule has 2 aromatic carbocycles. The van der Waals surface area contributed by atoms with Crippen molar-refractivity contribution in [3.05, 3.63) is 59.7 Å². The molecule has 1 unspecified atom stereocenters. The number of sulfone groups is 1. The summed E-state index contributed by atoms with van der Waals surface area (Å²) < 4.78 is 26.4. The predicted molar refractivity (Wildman–Crippen MR) is 125 cm³/mol. The Hall–Kier alpha value is -3.17. The van der Waals surface area contributed by atoms with Gasteiger partial charge in [0.2, 0.25) is 15.7 Å². The van der Waals surface area contributed by atoms with Crippen molar-refractivity contribution in [2.75, 3.05) is 4.90 Å². The Bertz CT molecular complexity index is 1220. The molecule has 9 heteroatoms. The van der Waals surface area contributed by atoms with E-state index >= 15 is 0 Å². The van der Waals surface area contributed by atoms with Crippen LogP contribution in [0.2, 0.25) is 0 Å². The molecule has 0 radical (unpaired) electrons. The van der Waals surface area contributed by atoms with E-state index in [4.69, 9.17) is 5.73 Å². The first-order chi connectivity index (χ1) is 15.0. The number of rotatable bonds is 2. The van der Waals surface area contributed by atoms with Gasteiger partial charge in [-0.25, -0.2) is 13.2 Å². The molecule has 4 rings (SSSR count). The van der Waals surface area contributed by atoms with E-state index in [1.807, 2.05) is 20.8 Å². The number of urea groups is 1. The largest absolute Gasteiger partial charge is 0.369 e. The number of nitrogens with zero attached hydrogens (tertiary/aromatic N) is 3. The molecule has 0 aliphatic carbocycles. The van der Waals surface area contributed by atoms with Gasteiger partial charge in [0.15, 0.2) is 5.04 Å². The van der Waals surface area contributed by atoms with E-state index in [-0.39, 0.29) is 27.6 Å². The van der Waals surface area contributed by atoms with Gasteiger partial charge in [-0.3, -0.25) is 4.79 Å². The molecular weight excluding hydrogens is 428 g/mol. The molecule has 3 amide bonds. The minimum Gasteiger partial charge on any atom is -0.328 e. The van der Waals surface area contributed by atoms with Crippen molar-refractivity contribution in [3.63, 3.8) is 0 Å². The number of anilines is 1. The van der Waals surface area contributed by atoms with Crippen molar-refractivity contribution in [1.82, 2.24) is 0 Å². The topological polar surface area (TPSA) is 122 Å². The zero-order valence-electron chi connectivity index (χ0n) is 18.4. The number of hydrogen-bond donors (Lipinski definition) is 1. The predicted octanol–water partition coefficient (Wildman–Crippen LogP) is 3.13. The Morgan fingerprint density at radius 1 is 1.12 bits per heavy atom. The smallest absolute Gasteiger partial charge is 0.328 e. The summed E-state index contributed by atoms with van der Waals surface area (Å²) in [6.45, 7) is 7.28. The third-order valence-electron chi connectivity index (χ3n) is 4.83. The van der Waals surface area contributed by atoms with Crippen molar-refractivity contribution in [3.8, 4) is 0 Å². The number of hydrogen-bond acceptors (Lipinski definition) is 5. The summed E-state index contributed by atoms with van der Waals surface area (Å²) >= 11 is 0. The number of carbonyl (C=O) groups is 2. The number of fused-ring (bicyclic) bond motifs is 1. The summed E-state index contributed by atoms with van der Waals surface area (Å²) in [6.07, 6.45) is 0.559. The van der Waals surface area contributed by atoms with Crippen LogP contribution < -0.4 is 10.6 Å². The Morgan fingerprint density at radius 2 is 1.75 bits per heavy atom. The Morgan fingerprint density at radius 3 is 2.34 bits per heavy atom. The van der Waals surface area contributed by atoms with Gasteiger partial charge in [-0.15, -0.1) is 0 Å². The first kappa shape index (κ1) is 23.5. The maximum absolute atomic E-state index is 13.2. The van der Waals surface area contributed by atoms with Crippen LogP contribution in [0.3, 0.4) is 0 Å². The van der Waals surface area contributed by atoms with Crippen molar-refractivity contribution in [1.29, 1.82) is 0 Å². The van der Waals surface area contributed by atoms with Crippen LogP contribution in [0.5, 0.6) is 0 Å². The molecule has 168 valence electrons. The van der Waals surface area contributed by atoms with E-state index in [0.717, 1.165) is 5.56 Å². The number of carbonyl (C=O) groups excluding carboxylic acids is 2. The molecule has 1 atom stereocenters. The molecule has 2 aromatic rings. The Kier molecular flexibility index (Phi) is 6.71. The molecule has 2 heterocycles. The van der Waals surface area contributed by atoms with E-state index in [9.17, 15) is 18.0 Å². The van der Waals surface area contributed by atoms with Crippen LogP contribution in [0.1, 0.15) is 38.8 Å². The summed E-state index contributed by atoms with van der Waals surface area (Å²) in [5.41, 5.74) is 7.14. The highest BCUT2D eigenvalue weighted by atomic mass is 32.2. The van der Waals surface area contributed by atoms with Crippen molar-refractivity contribution < 1.29 is 18.0 Å². The lowest BCUT2D eigenvalue weighted by molar-refractivity contribution is -0.116. The van der Waals surface area contributed by atoms with Crippen LogP contribution in [0.15, 0.2) is 63.4 Å². The Labute approximate surface area is 187 Å². The average molecular weight is 455 g/mol. The minimum absolute atomic E-state index is 0.0286. The van der Waals surface area contributed by atoms with E-state index in [0.29, 0.717) is 23.7 Å². The highest BCUT2D eigenvalue weighted by molar-refractivity contribution is 8.08. The first-order valence-corrected chi connectivity index (χ1v) is 11.7. The summed E-state index contributed by atoms with van der Waals surface area (Å²) in [6, 6.07) is 12.7. The van der Waals surface area contributed by atoms with Crippen LogP contribution in [-0.2, 0) is 21.1 Å². The summed E-state index contributed by atoms with van der Waals surface area (Å²) in [7, 11) is -4.05. The fourth-order valence-corrected chi connectivity index (χ4v) is 5.03. The second-order valence-corrected chi connectivity index (χ2v) is 9.87. The molecule has 0 saturated carbocycles. The third kappa shape index (κ3) is 4.68. The molecule has 0 bridgehead atoms. The van der Waals surface area contributed by atoms with Crippen molar-refractivity contribution in [2.45, 2.75) is 51.1 Å². The number of nitrogens with two attached hydrogens (primary N) is 1. The second kappa shape index (κ2) is 9.13. The van der Waals surface area contributed by atoms with Crippen LogP contribution in [0, 0.1) is 0 Å². The van der Waals surface area contributed by atoms with Gasteiger partial charge in [0.25, 0.3) is 0 Å². The fourth-order valence-electron chi connectivity index (χ4n) is 3.65. The first-order valence-electron chi connectivity index (χ1n) is 10.2. The van der Waals surface area contributed by atoms with Crippen LogP contribution in [-0.4, -0.2) is 43.2 Å². The van der Waals surface area contributed by atoms with Gasteiger partial charge in [-0.2, -0.15) is 9.98 Å². The minimum atomic E-state index is -4.05. The van der Waals surface area contributed by atoms with Gasteiger partial charge in [-0.05, 0) is 43.1 Å². The monoisotopic (exact) mass is 454 g/mol. The fraction of sp³-hybridized carbons (Fsp3) is 0.304. The average Bonchev–Trinajstić information content (AvgIpc) is 3.27. The van der Waals surface area contributed by atoms with Gasteiger partial charge in [0, 0.05) is 24.2 Å². The van der Waals surface area contributed by atoms with Gasteiger partial charge < -0.3 is 10.6 Å². The van der Waals surface area contributed by atoms with Crippen LogP contribution >= 0.6 is 0 Å². The summed E-state index contributed by atoms with van der Waals surface area (Å²) in [5.74, 6) is -0.0916. The maximum atomic E-state index is 13.2. The molecule has 8 nitrogen and oxygen atoms in total. The lowest BCUT2D eigenvalue weighted by Gasteiger charge is -2.20. The zero-order chi connectivity index (χ0) is 23.6. The van der Waals surface area contributed by atoms with Gasteiger partial charge >= 0.3 is 6.03 Å². The summed E-state index contributed by atoms with van der Waals surface area (Å²) in [4.78, 5) is 32.8. The maximum Gasteiger partial charge on any atom is 0.369 e. The van der Waals surface area contributed by atoms with Crippen LogP contribution in [0.4, 0.5) is 10.5 Å². The molecule has 2 aliphatic rings. The molecule has 0 spiro atoms. The normalized spacial score (nSPS) is 17.5. The summed E-state index contributed by atoms with van der Waals surface area (Å²) in [5, 5.41) is -0.349.